The molecule has 2 rings (SSSR count). The van der Waals surface area contributed by atoms with Gasteiger partial charge in [-0.25, -0.2) is 0 Å². The molecular formula is C16H13ClN2O3S. The third-order valence-corrected chi connectivity index (χ3v) is 4.19. The normalized spacial score (nSPS) is 10.1. The van der Waals surface area contributed by atoms with Gasteiger partial charge in [-0.05, 0) is 30.2 Å². The number of nitriles is 1. The Bertz CT molecular complexity index is 810. The van der Waals surface area contributed by atoms with E-state index < -0.39 is 5.97 Å². The predicted octanol–water partition coefficient (Wildman–Crippen LogP) is 3.04. The predicted molar refractivity (Wildman–Crippen MR) is 88.5 cm³/mol. The van der Waals surface area contributed by atoms with Crippen molar-refractivity contribution in [2.75, 3.05) is 5.75 Å². The molecular weight excluding hydrogens is 336 g/mol. The lowest BCUT2D eigenvalue weighted by Gasteiger charge is -2.07. The maximum atomic E-state index is 11.8. The van der Waals surface area contributed by atoms with Crippen molar-refractivity contribution in [3.8, 4) is 6.07 Å². The molecule has 0 atom stereocenters. The molecule has 0 amide bonds. The van der Waals surface area contributed by atoms with E-state index >= 15 is 0 Å². The van der Waals surface area contributed by atoms with Gasteiger partial charge in [-0.15, -0.1) is 0 Å². The molecule has 23 heavy (non-hydrogen) atoms. The highest BCUT2D eigenvalue weighted by Crippen LogP contribution is 2.21. The zero-order valence-electron chi connectivity index (χ0n) is 12.3. The molecule has 0 aliphatic rings. The SMILES string of the molecule is Cc1cc(=O)[nH]c(SCC(=O)OCc2ccc(Cl)cc2)c1C#N. The number of pyridine rings is 1. The molecule has 0 saturated heterocycles. The van der Waals surface area contributed by atoms with E-state index in [9.17, 15) is 9.59 Å². The Morgan fingerprint density at radius 1 is 1.39 bits per heavy atom. The number of carbonyl (C=O) groups is 1. The highest BCUT2D eigenvalue weighted by molar-refractivity contribution is 7.99. The number of aromatic nitrogens is 1. The molecule has 5 nitrogen and oxygen atoms in total. The van der Waals surface area contributed by atoms with Gasteiger partial charge in [0.1, 0.15) is 12.7 Å². The van der Waals surface area contributed by atoms with Crippen LogP contribution in [0, 0.1) is 18.3 Å². The summed E-state index contributed by atoms with van der Waals surface area (Å²) in [6, 6.07) is 10.4. The number of esters is 1. The van der Waals surface area contributed by atoms with Crippen LogP contribution in [-0.2, 0) is 16.1 Å². The van der Waals surface area contributed by atoms with Crippen molar-refractivity contribution in [3.63, 3.8) is 0 Å². The number of nitrogens with zero attached hydrogens (tertiary/aromatic N) is 1. The number of benzene rings is 1. The van der Waals surface area contributed by atoms with Gasteiger partial charge in [0, 0.05) is 11.1 Å². The van der Waals surface area contributed by atoms with Crippen LogP contribution >= 0.6 is 23.4 Å². The molecule has 7 heteroatoms. The number of hydrogen-bond donors (Lipinski definition) is 1. The van der Waals surface area contributed by atoms with Gasteiger partial charge in [-0.3, -0.25) is 9.59 Å². The van der Waals surface area contributed by atoms with Crippen molar-refractivity contribution in [1.29, 1.82) is 5.26 Å². The van der Waals surface area contributed by atoms with Gasteiger partial charge < -0.3 is 9.72 Å². The Morgan fingerprint density at radius 3 is 2.74 bits per heavy atom. The zero-order valence-corrected chi connectivity index (χ0v) is 13.8. The Hall–Kier alpha value is -2.23. The minimum Gasteiger partial charge on any atom is -0.460 e. The van der Waals surface area contributed by atoms with Gasteiger partial charge in [-0.1, -0.05) is 35.5 Å². The Balaban J connectivity index is 1.93. The quantitative estimate of drug-likeness (QED) is 0.663. The molecule has 2 aromatic rings. The van der Waals surface area contributed by atoms with Gasteiger partial charge in [0.2, 0.25) is 5.56 Å². The molecule has 0 bridgehead atoms. The Kier molecular flexibility index (Phi) is 5.85. The molecule has 0 aliphatic carbocycles. The van der Waals surface area contributed by atoms with Gasteiger partial charge in [0.05, 0.1) is 16.3 Å². The van der Waals surface area contributed by atoms with Crippen molar-refractivity contribution < 1.29 is 9.53 Å². The van der Waals surface area contributed by atoms with E-state index in [0.717, 1.165) is 17.3 Å². The number of rotatable bonds is 5. The number of thioether (sulfide) groups is 1. The van der Waals surface area contributed by atoms with Gasteiger partial charge in [0.25, 0.3) is 0 Å². The molecule has 0 aliphatic heterocycles. The van der Waals surface area contributed by atoms with E-state index in [-0.39, 0.29) is 17.9 Å². The first-order valence-corrected chi connectivity index (χ1v) is 8.03. The summed E-state index contributed by atoms with van der Waals surface area (Å²) in [5, 5.41) is 10.1. The minimum atomic E-state index is -0.434. The molecule has 118 valence electrons. The van der Waals surface area contributed by atoms with Crippen molar-refractivity contribution in [1.82, 2.24) is 4.98 Å². The average molecular weight is 349 g/mol. The molecule has 1 N–H and O–H groups in total. The zero-order chi connectivity index (χ0) is 16.8. The van der Waals surface area contributed by atoms with E-state index in [0.29, 0.717) is 21.2 Å². The Labute approximate surface area is 142 Å². The summed E-state index contributed by atoms with van der Waals surface area (Å²) in [6.45, 7) is 1.82. The van der Waals surface area contributed by atoms with Crippen LogP contribution in [0.25, 0.3) is 0 Å². The highest BCUT2D eigenvalue weighted by atomic mass is 35.5. The second-order valence-corrected chi connectivity index (χ2v) is 6.13. The number of H-pyrrole nitrogens is 1. The maximum Gasteiger partial charge on any atom is 0.316 e. The lowest BCUT2D eigenvalue weighted by Crippen LogP contribution is -2.11. The lowest BCUT2D eigenvalue weighted by molar-refractivity contribution is -0.141. The van der Waals surface area contributed by atoms with Crippen molar-refractivity contribution in [2.45, 2.75) is 18.6 Å². The molecule has 0 saturated carbocycles. The van der Waals surface area contributed by atoms with Crippen LogP contribution in [0.3, 0.4) is 0 Å². The molecule has 0 spiro atoms. The topological polar surface area (TPSA) is 82.9 Å². The van der Waals surface area contributed by atoms with Gasteiger partial charge >= 0.3 is 5.97 Å². The molecule has 0 radical (unpaired) electrons. The largest absolute Gasteiger partial charge is 0.460 e. The first-order chi connectivity index (χ1) is 11.0. The summed E-state index contributed by atoms with van der Waals surface area (Å²) in [4.78, 5) is 25.8. The summed E-state index contributed by atoms with van der Waals surface area (Å²) in [6.07, 6.45) is 0. The summed E-state index contributed by atoms with van der Waals surface area (Å²) in [5.74, 6) is -0.432. The molecule has 1 aromatic carbocycles. The number of hydrogen-bond acceptors (Lipinski definition) is 5. The van der Waals surface area contributed by atoms with Crippen molar-refractivity contribution >= 4 is 29.3 Å². The standard InChI is InChI=1S/C16H13ClN2O3S/c1-10-6-14(20)19-16(13(10)7-18)23-9-15(21)22-8-11-2-4-12(17)5-3-11/h2-6H,8-9H2,1H3,(H,19,20). The fraction of sp³-hybridized carbons (Fsp3) is 0.188. The molecule has 0 fully saturated rings. The summed E-state index contributed by atoms with van der Waals surface area (Å²) < 4.78 is 5.15. The van der Waals surface area contributed by atoms with Crippen LogP contribution in [0.15, 0.2) is 40.2 Å². The average Bonchev–Trinajstić information content (AvgIpc) is 2.52. The lowest BCUT2D eigenvalue weighted by atomic mass is 10.2. The van der Waals surface area contributed by atoms with Gasteiger partial charge in [0.15, 0.2) is 0 Å². The fourth-order valence-corrected chi connectivity index (χ4v) is 2.82. The fourth-order valence-electron chi connectivity index (χ4n) is 1.82. The van der Waals surface area contributed by atoms with E-state index in [1.807, 2.05) is 6.07 Å². The minimum absolute atomic E-state index is 0.00165. The number of carbonyl (C=O) groups excluding carboxylic acids is 1. The summed E-state index contributed by atoms with van der Waals surface area (Å²) in [7, 11) is 0. The number of nitrogens with one attached hydrogen (secondary N) is 1. The molecule has 1 heterocycles. The third-order valence-electron chi connectivity index (χ3n) is 2.96. The molecule has 1 aromatic heterocycles. The summed E-state index contributed by atoms with van der Waals surface area (Å²) in [5.41, 5.74) is 1.46. The number of ether oxygens (including phenoxy) is 1. The smallest absolute Gasteiger partial charge is 0.316 e. The first kappa shape index (κ1) is 17.1. The number of aryl methyl sites for hydroxylation is 1. The van der Waals surface area contributed by atoms with Crippen molar-refractivity contribution in [3.05, 3.63) is 62.4 Å². The van der Waals surface area contributed by atoms with Crippen LogP contribution in [0.5, 0.6) is 0 Å². The second kappa shape index (κ2) is 7.86. The molecule has 0 unspecified atom stereocenters. The van der Waals surface area contributed by atoms with E-state index in [1.54, 1.807) is 31.2 Å². The van der Waals surface area contributed by atoms with E-state index in [4.69, 9.17) is 21.6 Å². The summed E-state index contributed by atoms with van der Waals surface area (Å²) >= 11 is 6.85. The highest BCUT2D eigenvalue weighted by Gasteiger charge is 2.11. The van der Waals surface area contributed by atoms with E-state index in [2.05, 4.69) is 4.98 Å². The van der Waals surface area contributed by atoms with Crippen LogP contribution in [-0.4, -0.2) is 16.7 Å². The monoisotopic (exact) mass is 348 g/mol. The van der Waals surface area contributed by atoms with E-state index in [1.165, 1.54) is 6.07 Å². The van der Waals surface area contributed by atoms with Gasteiger partial charge in [-0.2, -0.15) is 5.26 Å². The first-order valence-electron chi connectivity index (χ1n) is 6.66. The van der Waals surface area contributed by atoms with Crippen LogP contribution in [0.1, 0.15) is 16.7 Å². The van der Waals surface area contributed by atoms with Crippen LogP contribution < -0.4 is 5.56 Å². The van der Waals surface area contributed by atoms with Crippen molar-refractivity contribution in [2.24, 2.45) is 0 Å². The number of halogens is 1. The third kappa shape index (κ3) is 4.88. The van der Waals surface area contributed by atoms with Crippen LogP contribution in [0.4, 0.5) is 0 Å². The maximum absolute atomic E-state index is 11.8. The van der Waals surface area contributed by atoms with Crippen LogP contribution in [0.2, 0.25) is 5.02 Å². The Morgan fingerprint density at radius 2 is 2.09 bits per heavy atom. The number of aromatic amines is 1. The second-order valence-electron chi connectivity index (χ2n) is 4.71.